The number of ether oxygens (including phenoxy) is 1. The molecule has 0 aliphatic carbocycles. The van der Waals surface area contributed by atoms with Crippen molar-refractivity contribution >= 4 is 17.6 Å². The molecule has 106 valence electrons. The highest BCUT2D eigenvalue weighted by atomic mass is 35.5. The van der Waals surface area contributed by atoms with Gasteiger partial charge >= 0.3 is 0 Å². The molecule has 6 heteroatoms. The largest absolute Gasteiger partial charge is 0.385 e. The second kappa shape index (κ2) is 8.74. The number of hydrogen-bond acceptors (Lipinski definition) is 3. The molecule has 0 bridgehead atoms. The van der Waals surface area contributed by atoms with Gasteiger partial charge in [0, 0.05) is 25.3 Å². The van der Waals surface area contributed by atoms with Crippen LogP contribution in [0.1, 0.15) is 24.9 Å². The van der Waals surface area contributed by atoms with Crippen LogP contribution in [0.15, 0.2) is 29.3 Å². The standard InChI is InChI=1S/C13H21ClN4O/c1-10(11-4-6-12(14)7-5-11)17-13(18-15)16-8-3-9-19-2/h4-7,10H,3,8-9,15H2,1-2H3,(H2,16,17,18). The maximum absolute atomic E-state index is 5.86. The van der Waals surface area contributed by atoms with E-state index in [4.69, 9.17) is 22.2 Å². The minimum atomic E-state index is 0.0921. The lowest BCUT2D eigenvalue weighted by Crippen LogP contribution is -2.42. The molecule has 0 saturated heterocycles. The maximum atomic E-state index is 5.86. The number of nitrogens with zero attached hydrogens (tertiary/aromatic N) is 1. The van der Waals surface area contributed by atoms with Crippen LogP contribution in [-0.2, 0) is 4.74 Å². The molecule has 0 amide bonds. The molecule has 1 aromatic carbocycles. The van der Waals surface area contributed by atoms with Crippen molar-refractivity contribution in [3.63, 3.8) is 0 Å². The molecule has 0 fully saturated rings. The number of methoxy groups -OCH3 is 1. The number of hydrazine groups is 1. The lowest BCUT2D eigenvalue weighted by Gasteiger charge is -2.17. The molecule has 5 nitrogen and oxygen atoms in total. The van der Waals surface area contributed by atoms with Gasteiger partial charge < -0.3 is 10.1 Å². The zero-order valence-corrected chi connectivity index (χ0v) is 12.1. The molecule has 1 atom stereocenters. The van der Waals surface area contributed by atoms with Crippen molar-refractivity contribution in [3.8, 4) is 0 Å². The summed E-state index contributed by atoms with van der Waals surface area (Å²) in [7, 11) is 1.67. The normalized spacial score (nSPS) is 13.2. The summed E-state index contributed by atoms with van der Waals surface area (Å²) < 4.78 is 4.97. The van der Waals surface area contributed by atoms with E-state index in [0.717, 1.165) is 17.0 Å². The van der Waals surface area contributed by atoms with Gasteiger partial charge in [0.2, 0.25) is 5.96 Å². The Labute approximate surface area is 119 Å². The number of benzene rings is 1. The number of rotatable bonds is 6. The summed E-state index contributed by atoms with van der Waals surface area (Å²) in [6, 6.07) is 7.76. The summed E-state index contributed by atoms with van der Waals surface area (Å²) >= 11 is 5.86. The summed E-state index contributed by atoms with van der Waals surface area (Å²) in [6.07, 6.45) is 0.860. The molecule has 0 aromatic heterocycles. The molecule has 4 N–H and O–H groups in total. The average Bonchev–Trinajstić information content (AvgIpc) is 2.42. The first-order chi connectivity index (χ1) is 9.17. The van der Waals surface area contributed by atoms with Crippen molar-refractivity contribution in [1.29, 1.82) is 0 Å². The molecule has 0 spiro atoms. The van der Waals surface area contributed by atoms with Gasteiger partial charge in [0.15, 0.2) is 0 Å². The van der Waals surface area contributed by atoms with E-state index in [2.05, 4.69) is 15.7 Å². The highest BCUT2D eigenvalue weighted by Crippen LogP contribution is 2.15. The van der Waals surface area contributed by atoms with Crippen LogP contribution in [0.3, 0.4) is 0 Å². The monoisotopic (exact) mass is 284 g/mol. The average molecular weight is 285 g/mol. The van der Waals surface area contributed by atoms with Crippen LogP contribution in [0.25, 0.3) is 0 Å². The van der Waals surface area contributed by atoms with Crippen LogP contribution in [0.4, 0.5) is 0 Å². The fourth-order valence-corrected chi connectivity index (χ4v) is 1.70. The molecule has 1 aromatic rings. The van der Waals surface area contributed by atoms with E-state index in [1.807, 2.05) is 31.2 Å². The van der Waals surface area contributed by atoms with Crippen LogP contribution in [0.5, 0.6) is 0 Å². The highest BCUT2D eigenvalue weighted by Gasteiger charge is 2.06. The summed E-state index contributed by atoms with van der Waals surface area (Å²) in [4.78, 5) is 4.33. The second-order valence-corrected chi connectivity index (χ2v) is 4.58. The number of nitrogens with one attached hydrogen (secondary N) is 2. The van der Waals surface area contributed by atoms with Gasteiger partial charge in [-0.3, -0.25) is 10.4 Å². The minimum Gasteiger partial charge on any atom is -0.385 e. The van der Waals surface area contributed by atoms with Crippen molar-refractivity contribution < 1.29 is 4.74 Å². The fourth-order valence-electron chi connectivity index (χ4n) is 1.57. The Morgan fingerprint density at radius 1 is 1.42 bits per heavy atom. The van der Waals surface area contributed by atoms with Crippen molar-refractivity contribution in [2.45, 2.75) is 19.4 Å². The molecule has 0 aliphatic rings. The molecular formula is C13H21ClN4O. The lowest BCUT2D eigenvalue weighted by molar-refractivity contribution is 0.197. The van der Waals surface area contributed by atoms with E-state index in [9.17, 15) is 0 Å². The van der Waals surface area contributed by atoms with Crippen LogP contribution in [0, 0.1) is 0 Å². The van der Waals surface area contributed by atoms with Crippen molar-refractivity contribution in [1.82, 2.24) is 10.7 Å². The van der Waals surface area contributed by atoms with E-state index in [0.29, 0.717) is 19.1 Å². The molecular weight excluding hydrogens is 264 g/mol. The van der Waals surface area contributed by atoms with Gasteiger partial charge in [0.1, 0.15) is 0 Å². The highest BCUT2D eigenvalue weighted by molar-refractivity contribution is 6.30. The topological polar surface area (TPSA) is 71.7 Å². The number of halogens is 1. The molecule has 1 unspecified atom stereocenters. The Hall–Kier alpha value is -1.30. The maximum Gasteiger partial charge on any atom is 0.206 e. The zero-order chi connectivity index (χ0) is 14.1. The van der Waals surface area contributed by atoms with Crippen LogP contribution < -0.4 is 16.6 Å². The van der Waals surface area contributed by atoms with Crippen LogP contribution in [0.2, 0.25) is 5.02 Å². The van der Waals surface area contributed by atoms with Crippen molar-refractivity contribution in [2.24, 2.45) is 10.8 Å². The minimum absolute atomic E-state index is 0.0921. The predicted molar refractivity (Wildman–Crippen MR) is 79.1 cm³/mol. The van der Waals surface area contributed by atoms with Gasteiger partial charge in [-0.15, -0.1) is 0 Å². The van der Waals surface area contributed by atoms with Crippen LogP contribution >= 0.6 is 11.6 Å². The number of guanidine groups is 1. The van der Waals surface area contributed by atoms with E-state index < -0.39 is 0 Å². The molecule has 1 rings (SSSR count). The Morgan fingerprint density at radius 3 is 2.68 bits per heavy atom. The van der Waals surface area contributed by atoms with E-state index >= 15 is 0 Å². The van der Waals surface area contributed by atoms with Gasteiger partial charge in [-0.25, -0.2) is 5.84 Å². The molecule has 0 radical (unpaired) electrons. The van der Waals surface area contributed by atoms with Gasteiger partial charge in [0.05, 0.1) is 6.04 Å². The summed E-state index contributed by atoms with van der Waals surface area (Å²) in [5, 5.41) is 3.93. The van der Waals surface area contributed by atoms with Crippen LogP contribution in [-0.4, -0.2) is 26.2 Å². The number of nitrogens with two attached hydrogens (primary N) is 1. The quantitative estimate of drug-likeness (QED) is 0.245. The smallest absolute Gasteiger partial charge is 0.206 e. The van der Waals surface area contributed by atoms with Gasteiger partial charge in [-0.1, -0.05) is 23.7 Å². The first-order valence-corrected chi connectivity index (χ1v) is 6.57. The number of hydrogen-bond donors (Lipinski definition) is 3. The molecule has 0 saturated carbocycles. The fraction of sp³-hybridized carbons (Fsp3) is 0.462. The molecule has 0 aliphatic heterocycles. The Morgan fingerprint density at radius 2 is 2.11 bits per heavy atom. The van der Waals surface area contributed by atoms with E-state index in [-0.39, 0.29) is 6.04 Å². The zero-order valence-electron chi connectivity index (χ0n) is 11.3. The van der Waals surface area contributed by atoms with E-state index in [1.54, 1.807) is 7.11 Å². The van der Waals surface area contributed by atoms with Crippen molar-refractivity contribution in [3.05, 3.63) is 34.9 Å². The Balaban J connectivity index is 2.52. The third-order valence-electron chi connectivity index (χ3n) is 2.64. The van der Waals surface area contributed by atoms with Crippen molar-refractivity contribution in [2.75, 3.05) is 20.3 Å². The van der Waals surface area contributed by atoms with Gasteiger partial charge in [-0.05, 0) is 31.0 Å². The Bertz CT molecular complexity index is 394. The Kier molecular flexibility index (Phi) is 7.25. The SMILES string of the molecule is COCCCN=C(NN)NC(C)c1ccc(Cl)cc1. The third-order valence-corrected chi connectivity index (χ3v) is 2.89. The lowest BCUT2D eigenvalue weighted by atomic mass is 10.1. The third kappa shape index (κ3) is 5.92. The first kappa shape index (κ1) is 15.8. The van der Waals surface area contributed by atoms with E-state index in [1.165, 1.54) is 0 Å². The second-order valence-electron chi connectivity index (χ2n) is 4.14. The van der Waals surface area contributed by atoms with Gasteiger partial charge in [0.25, 0.3) is 0 Å². The summed E-state index contributed by atoms with van der Waals surface area (Å²) in [5.41, 5.74) is 3.68. The molecule has 19 heavy (non-hydrogen) atoms. The summed E-state index contributed by atoms with van der Waals surface area (Å²) in [5.74, 6) is 6.01. The molecule has 0 heterocycles. The predicted octanol–water partition coefficient (Wildman–Crippen LogP) is 1.85. The van der Waals surface area contributed by atoms with Gasteiger partial charge in [-0.2, -0.15) is 0 Å². The first-order valence-electron chi connectivity index (χ1n) is 6.19. The summed E-state index contributed by atoms with van der Waals surface area (Å²) in [6.45, 7) is 3.38. The number of aliphatic imine (C=N–C) groups is 1.